The predicted molar refractivity (Wildman–Crippen MR) is 139 cm³/mol. The first kappa shape index (κ1) is 27.9. The number of aromatic nitrogens is 2. The Hall–Kier alpha value is -4.11. The van der Waals surface area contributed by atoms with Crippen LogP contribution in [0.4, 0.5) is 18.0 Å². The van der Waals surface area contributed by atoms with E-state index in [0.29, 0.717) is 16.0 Å². The van der Waals surface area contributed by atoms with Gasteiger partial charge in [-0.05, 0) is 42.7 Å². The van der Waals surface area contributed by atoms with Gasteiger partial charge in [0.05, 0.1) is 6.54 Å². The largest absolute Gasteiger partial charge is 0.442 e. The van der Waals surface area contributed by atoms with E-state index in [4.69, 9.17) is 4.74 Å². The van der Waals surface area contributed by atoms with Crippen LogP contribution in [0.25, 0.3) is 11.1 Å². The van der Waals surface area contributed by atoms with Gasteiger partial charge in [-0.2, -0.15) is 23.5 Å². The Morgan fingerprint density at radius 2 is 2.05 bits per heavy atom. The van der Waals surface area contributed by atoms with Crippen molar-refractivity contribution >= 4 is 23.3 Å². The van der Waals surface area contributed by atoms with Crippen LogP contribution in [0.15, 0.2) is 48.7 Å². The number of benzene rings is 1. The Bertz CT molecular complexity index is 1450. The number of thiophene rings is 1. The lowest BCUT2D eigenvalue weighted by Gasteiger charge is -2.33. The van der Waals surface area contributed by atoms with Gasteiger partial charge in [-0.15, -0.1) is 11.3 Å². The molecule has 1 aliphatic rings. The highest BCUT2D eigenvalue weighted by Gasteiger charge is 2.39. The monoisotopic (exact) mass is 557 g/mol. The smallest absolute Gasteiger partial charge is 0.435 e. The molecule has 0 saturated carbocycles. The number of carbonyl (C=O) groups excluding carboxylic acids is 2. The third-order valence-electron chi connectivity index (χ3n) is 6.36. The molecule has 0 radical (unpaired) electrons. The van der Waals surface area contributed by atoms with Crippen LogP contribution in [0, 0.1) is 11.3 Å². The minimum atomic E-state index is -4.66. The van der Waals surface area contributed by atoms with E-state index < -0.39 is 30.0 Å². The molecular formula is C27H26F3N5O3S. The molecule has 0 bridgehead atoms. The van der Waals surface area contributed by atoms with E-state index in [0.717, 1.165) is 10.4 Å². The fourth-order valence-corrected chi connectivity index (χ4v) is 5.57. The number of carbonyl (C=O) groups is 2. The molecule has 2 atom stereocenters. The summed E-state index contributed by atoms with van der Waals surface area (Å²) < 4.78 is 48.2. The van der Waals surface area contributed by atoms with Gasteiger partial charge in [-0.3, -0.25) is 9.48 Å². The number of hydrogen-bond donors (Lipinski definition) is 1. The summed E-state index contributed by atoms with van der Waals surface area (Å²) in [5.41, 5.74) is 0.755. The number of aryl methyl sites for hydroxylation is 1. The fourth-order valence-electron chi connectivity index (χ4n) is 4.53. The standard InChI is InChI=1S/C27H26F3N5O3S/c1-4-35-14-22(25(33-35)27(28,29)30)19-8-6-5-7-18(19)21-13-34(15-23-20(21)11-17(12-31)39-23)24(36)10-9-16(2)38-26(37)32-3/h5-11,14,16,21H,4,13,15H2,1-3H3,(H,32,37)/b10-9+/t16-,21+/m1/s1. The molecule has 0 aliphatic carbocycles. The van der Waals surface area contributed by atoms with E-state index >= 15 is 0 Å². The molecule has 1 aromatic carbocycles. The van der Waals surface area contributed by atoms with E-state index in [9.17, 15) is 28.0 Å². The SMILES string of the molecule is CCn1cc(-c2ccccc2[C@@H]2CN(C(=O)/C=C/[C@@H](C)OC(=O)NC)Cc3sc(C#N)cc32)c(C(F)(F)F)n1. The van der Waals surface area contributed by atoms with Crippen molar-refractivity contribution in [3.05, 3.63) is 75.3 Å². The third kappa shape index (κ3) is 5.98. The number of nitrogens with zero attached hydrogens (tertiary/aromatic N) is 4. The Morgan fingerprint density at radius 3 is 2.72 bits per heavy atom. The van der Waals surface area contributed by atoms with Gasteiger partial charge in [0.25, 0.3) is 0 Å². The maximum Gasteiger partial charge on any atom is 0.435 e. The van der Waals surface area contributed by atoms with Crippen molar-refractivity contribution in [1.29, 1.82) is 5.26 Å². The number of fused-ring (bicyclic) bond motifs is 1. The average Bonchev–Trinajstić information content (AvgIpc) is 3.55. The van der Waals surface area contributed by atoms with Gasteiger partial charge in [0.1, 0.15) is 17.1 Å². The number of ether oxygens (including phenoxy) is 1. The molecule has 2 aromatic heterocycles. The third-order valence-corrected chi connectivity index (χ3v) is 7.40. The van der Waals surface area contributed by atoms with E-state index in [-0.39, 0.29) is 31.1 Å². The number of nitrogens with one attached hydrogen (secondary N) is 1. The summed E-state index contributed by atoms with van der Waals surface area (Å²) in [6.45, 7) is 4.02. The summed E-state index contributed by atoms with van der Waals surface area (Å²) in [7, 11) is 1.43. The zero-order valence-electron chi connectivity index (χ0n) is 21.5. The highest BCUT2D eigenvalue weighted by Crippen LogP contribution is 2.44. The number of amides is 2. The first-order valence-electron chi connectivity index (χ1n) is 12.2. The van der Waals surface area contributed by atoms with Crippen molar-refractivity contribution in [3.8, 4) is 17.2 Å². The first-order valence-corrected chi connectivity index (χ1v) is 13.0. The number of halogens is 3. The number of hydrogen-bond acceptors (Lipinski definition) is 6. The average molecular weight is 558 g/mol. The van der Waals surface area contributed by atoms with Crippen LogP contribution >= 0.6 is 11.3 Å². The van der Waals surface area contributed by atoms with Gasteiger partial charge in [-0.1, -0.05) is 24.3 Å². The molecule has 3 heterocycles. The Balaban J connectivity index is 1.75. The molecule has 0 spiro atoms. The lowest BCUT2D eigenvalue weighted by Crippen LogP contribution is -2.37. The van der Waals surface area contributed by atoms with Crippen LogP contribution < -0.4 is 5.32 Å². The molecule has 2 amide bonds. The van der Waals surface area contributed by atoms with Crippen LogP contribution in [-0.4, -0.2) is 46.4 Å². The summed E-state index contributed by atoms with van der Waals surface area (Å²) in [4.78, 5) is 27.4. The van der Waals surface area contributed by atoms with Gasteiger partial charge < -0.3 is 15.0 Å². The predicted octanol–water partition coefficient (Wildman–Crippen LogP) is 5.30. The maximum absolute atomic E-state index is 14.0. The van der Waals surface area contributed by atoms with E-state index in [1.807, 2.05) is 0 Å². The number of alkyl halides is 3. The van der Waals surface area contributed by atoms with Crippen molar-refractivity contribution in [1.82, 2.24) is 20.0 Å². The number of rotatable bonds is 6. The quantitative estimate of drug-likeness (QED) is 0.415. The molecule has 12 heteroatoms. The van der Waals surface area contributed by atoms with Gasteiger partial charge in [0.15, 0.2) is 5.69 Å². The minimum Gasteiger partial charge on any atom is -0.442 e. The van der Waals surface area contributed by atoms with E-state index in [1.54, 1.807) is 49.1 Å². The zero-order valence-corrected chi connectivity index (χ0v) is 22.3. The summed E-state index contributed by atoms with van der Waals surface area (Å²) >= 11 is 1.25. The van der Waals surface area contributed by atoms with Crippen LogP contribution in [0.5, 0.6) is 0 Å². The van der Waals surface area contributed by atoms with Crippen molar-refractivity contribution in [2.45, 2.75) is 45.1 Å². The molecule has 0 saturated heterocycles. The maximum atomic E-state index is 14.0. The van der Waals surface area contributed by atoms with Gasteiger partial charge in [-0.25, -0.2) is 4.79 Å². The van der Waals surface area contributed by atoms with E-state index in [2.05, 4.69) is 16.5 Å². The lowest BCUT2D eigenvalue weighted by molar-refractivity contribution is -0.141. The summed E-state index contributed by atoms with van der Waals surface area (Å²) in [6.07, 6.45) is -1.79. The Kier molecular flexibility index (Phi) is 8.11. The van der Waals surface area contributed by atoms with Crippen molar-refractivity contribution < 1.29 is 27.5 Å². The summed E-state index contributed by atoms with van der Waals surface area (Å²) in [5, 5.41) is 15.6. The van der Waals surface area contributed by atoms with Crippen LogP contribution in [-0.2, 0) is 28.8 Å². The highest BCUT2D eigenvalue weighted by molar-refractivity contribution is 7.12. The van der Waals surface area contributed by atoms with Gasteiger partial charge in [0, 0.05) is 48.8 Å². The number of alkyl carbamates (subject to hydrolysis) is 1. The second-order valence-electron chi connectivity index (χ2n) is 8.92. The van der Waals surface area contributed by atoms with Crippen LogP contribution in [0.1, 0.15) is 46.3 Å². The molecule has 204 valence electrons. The molecule has 1 aliphatic heterocycles. The molecule has 3 aromatic rings. The second kappa shape index (κ2) is 11.3. The Labute approximate surface area is 227 Å². The molecule has 8 nitrogen and oxygen atoms in total. The molecule has 39 heavy (non-hydrogen) atoms. The molecular weight excluding hydrogens is 531 g/mol. The Morgan fingerprint density at radius 1 is 1.31 bits per heavy atom. The summed E-state index contributed by atoms with van der Waals surface area (Å²) in [5.74, 6) is -0.830. The topological polar surface area (TPSA) is 100 Å². The molecule has 1 N–H and O–H groups in total. The molecule has 4 rings (SSSR count). The van der Waals surface area contributed by atoms with Crippen LogP contribution in [0.2, 0.25) is 0 Å². The number of nitriles is 1. The fraction of sp³-hybridized carbons (Fsp3) is 0.333. The summed E-state index contributed by atoms with van der Waals surface area (Å²) in [6, 6.07) is 10.7. The zero-order chi connectivity index (χ0) is 28.3. The van der Waals surface area contributed by atoms with Gasteiger partial charge >= 0.3 is 12.3 Å². The second-order valence-corrected chi connectivity index (χ2v) is 10.1. The minimum absolute atomic E-state index is 0.0410. The molecule has 0 fully saturated rings. The lowest BCUT2D eigenvalue weighted by atomic mass is 9.83. The van der Waals surface area contributed by atoms with Crippen LogP contribution in [0.3, 0.4) is 0 Å². The normalized spacial score (nSPS) is 16.0. The van der Waals surface area contributed by atoms with Crippen molar-refractivity contribution in [3.63, 3.8) is 0 Å². The highest BCUT2D eigenvalue weighted by atomic mass is 32.1. The van der Waals surface area contributed by atoms with Gasteiger partial charge in [0.2, 0.25) is 5.91 Å². The molecule has 0 unspecified atom stereocenters. The first-order chi connectivity index (χ1) is 18.5. The van der Waals surface area contributed by atoms with E-state index in [1.165, 1.54) is 41.4 Å². The van der Waals surface area contributed by atoms with Crippen molar-refractivity contribution in [2.24, 2.45) is 0 Å². The van der Waals surface area contributed by atoms with Crippen molar-refractivity contribution in [2.75, 3.05) is 13.6 Å².